The quantitative estimate of drug-likeness (QED) is 0.421. The van der Waals surface area contributed by atoms with Crippen LogP contribution in [0, 0.1) is 0 Å². The standard InChI is InChI=1S/C20H24N4O.CH3NO/c1-12(2)23-11-13-5-4-6-14(9-13)15-7-8-16-17(10-15)24-20(22-3)18(16)19(21)25;2-1-3/h4-10,12,22-24H,11H2,1-3H3,(H2,21,25);1H,(H2,2,3). The van der Waals surface area contributed by atoms with Crippen LogP contribution in [0.5, 0.6) is 0 Å². The van der Waals surface area contributed by atoms with Gasteiger partial charge in [0.2, 0.25) is 6.41 Å². The number of hydrogen-bond donors (Lipinski definition) is 5. The van der Waals surface area contributed by atoms with Gasteiger partial charge in [-0.25, -0.2) is 0 Å². The molecule has 3 aromatic rings. The van der Waals surface area contributed by atoms with Crippen molar-refractivity contribution >= 4 is 29.0 Å². The van der Waals surface area contributed by atoms with Crippen molar-refractivity contribution in [3.8, 4) is 11.1 Å². The van der Waals surface area contributed by atoms with Gasteiger partial charge in [0.15, 0.2) is 0 Å². The van der Waals surface area contributed by atoms with E-state index in [1.54, 1.807) is 7.05 Å². The Hall–Kier alpha value is -3.32. The Balaban J connectivity index is 0.000000878. The fourth-order valence-electron chi connectivity index (χ4n) is 3.00. The molecule has 0 aliphatic carbocycles. The molecule has 0 radical (unpaired) electrons. The van der Waals surface area contributed by atoms with Crippen molar-refractivity contribution in [2.24, 2.45) is 11.5 Å². The molecule has 2 amide bonds. The van der Waals surface area contributed by atoms with E-state index < -0.39 is 5.91 Å². The number of carbonyl (C=O) groups is 2. The molecule has 0 aliphatic rings. The van der Waals surface area contributed by atoms with Crippen molar-refractivity contribution in [3.05, 3.63) is 53.6 Å². The summed E-state index contributed by atoms with van der Waals surface area (Å²) in [6, 6.07) is 14.9. The minimum absolute atomic E-state index is 0.250. The Bertz CT molecular complexity index is 963. The highest BCUT2D eigenvalue weighted by Gasteiger charge is 2.15. The molecule has 3 rings (SSSR count). The molecule has 7 N–H and O–H groups in total. The molecule has 28 heavy (non-hydrogen) atoms. The number of rotatable bonds is 6. The van der Waals surface area contributed by atoms with Crippen LogP contribution in [0.3, 0.4) is 0 Å². The number of amides is 2. The summed E-state index contributed by atoms with van der Waals surface area (Å²) in [6.07, 6.45) is 0.250. The highest BCUT2D eigenvalue weighted by molar-refractivity contribution is 6.11. The molecular weight excluding hydrogens is 354 g/mol. The first kappa shape index (κ1) is 21.0. The topological polar surface area (TPSA) is 126 Å². The number of aromatic nitrogens is 1. The van der Waals surface area contributed by atoms with E-state index in [0.717, 1.165) is 28.6 Å². The van der Waals surface area contributed by atoms with Crippen LogP contribution < -0.4 is 22.1 Å². The van der Waals surface area contributed by atoms with Crippen molar-refractivity contribution in [2.75, 3.05) is 12.4 Å². The number of nitrogens with two attached hydrogens (primary N) is 2. The van der Waals surface area contributed by atoms with Crippen molar-refractivity contribution in [3.63, 3.8) is 0 Å². The fraction of sp³-hybridized carbons (Fsp3) is 0.238. The third kappa shape index (κ3) is 4.89. The van der Waals surface area contributed by atoms with Crippen LogP contribution in [-0.4, -0.2) is 30.4 Å². The first-order valence-electron chi connectivity index (χ1n) is 9.02. The highest BCUT2D eigenvalue weighted by Crippen LogP contribution is 2.30. The van der Waals surface area contributed by atoms with E-state index in [1.807, 2.05) is 12.1 Å². The molecule has 0 bridgehead atoms. The average Bonchev–Trinajstić information content (AvgIpc) is 3.05. The molecule has 0 spiro atoms. The first-order chi connectivity index (χ1) is 13.4. The van der Waals surface area contributed by atoms with E-state index in [2.05, 4.69) is 65.5 Å². The lowest BCUT2D eigenvalue weighted by Crippen LogP contribution is -2.21. The molecule has 7 heteroatoms. The Morgan fingerprint density at radius 3 is 2.46 bits per heavy atom. The summed E-state index contributed by atoms with van der Waals surface area (Å²) in [6.45, 7) is 5.11. The first-order valence-corrected chi connectivity index (χ1v) is 9.02. The number of nitrogens with one attached hydrogen (secondary N) is 3. The predicted octanol–water partition coefficient (Wildman–Crippen LogP) is 2.58. The lowest BCUT2D eigenvalue weighted by molar-refractivity contribution is -0.106. The normalized spacial score (nSPS) is 10.4. The number of anilines is 1. The molecule has 0 saturated carbocycles. The zero-order valence-electron chi connectivity index (χ0n) is 16.4. The average molecular weight is 381 g/mol. The van der Waals surface area contributed by atoms with E-state index in [1.165, 1.54) is 5.56 Å². The smallest absolute Gasteiger partial charge is 0.253 e. The maximum atomic E-state index is 11.7. The van der Waals surface area contributed by atoms with Gasteiger partial charge in [0.1, 0.15) is 5.82 Å². The number of primary amides is 2. The summed E-state index contributed by atoms with van der Waals surface area (Å²) < 4.78 is 0. The van der Waals surface area contributed by atoms with E-state index in [-0.39, 0.29) is 6.41 Å². The Morgan fingerprint density at radius 2 is 1.86 bits per heavy atom. The summed E-state index contributed by atoms with van der Waals surface area (Å²) in [5, 5.41) is 7.26. The van der Waals surface area contributed by atoms with Crippen LogP contribution in [0.15, 0.2) is 42.5 Å². The number of hydrogen-bond acceptors (Lipinski definition) is 4. The third-order valence-corrected chi connectivity index (χ3v) is 4.27. The van der Waals surface area contributed by atoms with Crippen LogP contribution >= 0.6 is 0 Å². The van der Waals surface area contributed by atoms with Gasteiger partial charge in [0.05, 0.1) is 5.56 Å². The molecule has 148 valence electrons. The van der Waals surface area contributed by atoms with Crippen LogP contribution in [0.25, 0.3) is 22.0 Å². The molecule has 0 unspecified atom stereocenters. The highest BCUT2D eigenvalue weighted by atomic mass is 16.1. The second-order valence-electron chi connectivity index (χ2n) is 6.62. The van der Waals surface area contributed by atoms with E-state index in [9.17, 15) is 4.79 Å². The maximum Gasteiger partial charge on any atom is 0.253 e. The van der Waals surface area contributed by atoms with Gasteiger partial charge >= 0.3 is 0 Å². The van der Waals surface area contributed by atoms with Gasteiger partial charge in [-0.3, -0.25) is 9.59 Å². The van der Waals surface area contributed by atoms with Gasteiger partial charge in [-0.2, -0.15) is 0 Å². The van der Waals surface area contributed by atoms with Gasteiger partial charge < -0.3 is 27.1 Å². The Kier molecular flexibility index (Phi) is 7.17. The van der Waals surface area contributed by atoms with E-state index >= 15 is 0 Å². The van der Waals surface area contributed by atoms with Gasteiger partial charge in [-0.05, 0) is 28.8 Å². The van der Waals surface area contributed by atoms with Crippen LogP contribution in [0.2, 0.25) is 0 Å². The molecular formula is C21H27N5O2. The maximum absolute atomic E-state index is 11.7. The van der Waals surface area contributed by atoms with Gasteiger partial charge in [0.25, 0.3) is 5.91 Å². The second-order valence-corrected chi connectivity index (χ2v) is 6.62. The van der Waals surface area contributed by atoms with Gasteiger partial charge in [0, 0.05) is 30.5 Å². The zero-order valence-corrected chi connectivity index (χ0v) is 16.4. The number of aromatic amines is 1. The van der Waals surface area contributed by atoms with Crippen molar-refractivity contribution in [1.29, 1.82) is 0 Å². The second kappa shape index (κ2) is 9.57. The van der Waals surface area contributed by atoms with Gasteiger partial charge in [-0.15, -0.1) is 0 Å². The van der Waals surface area contributed by atoms with Crippen LogP contribution in [0.1, 0.15) is 29.8 Å². The number of carbonyl (C=O) groups excluding carboxylic acids is 2. The largest absolute Gasteiger partial charge is 0.374 e. The number of H-pyrrole nitrogens is 1. The minimum atomic E-state index is -0.440. The van der Waals surface area contributed by atoms with Crippen molar-refractivity contribution < 1.29 is 9.59 Å². The van der Waals surface area contributed by atoms with Gasteiger partial charge in [-0.1, -0.05) is 44.2 Å². The lowest BCUT2D eigenvalue weighted by Gasteiger charge is -2.10. The predicted molar refractivity (Wildman–Crippen MR) is 114 cm³/mol. The molecule has 1 aromatic heterocycles. The monoisotopic (exact) mass is 381 g/mol. The van der Waals surface area contributed by atoms with E-state index in [4.69, 9.17) is 10.5 Å². The molecule has 2 aromatic carbocycles. The lowest BCUT2D eigenvalue weighted by atomic mass is 10.0. The van der Waals surface area contributed by atoms with Crippen molar-refractivity contribution in [1.82, 2.24) is 10.3 Å². The summed E-state index contributed by atoms with van der Waals surface area (Å²) in [5.74, 6) is 0.208. The molecule has 0 fully saturated rings. The van der Waals surface area contributed by atoms with Crippen LogP contribution in [-0.2, 0) is 11.3 Å². The molecule has 0 atom stereocenters. The van der Waals surface area contributed by atoms with Crippen LogP contribution in [0.4, 0.5) is 5.82 Å². The number of fused-ring (bicyclic) bond motifs is 1. The summed E-state index contributed by atoms with van der Waals surface area (Å²) >= 11 is 0. The third-order valence-electron chi connectivity index (χ3n) is 4.27. The fourth-order valence-corrected chi connectivity index (χ4v) is 3.00. The minimum Gasteiger partial charge on any atom is -0.374 e. The zero-order chi connectivity index (χ0) is 20.7. The summed E-state index contributed by atoms with van der Waals surface area (Å²) in [5.41, 5.74) is 14.6. The summed E-state index contributed by atoms with van der Waals surface area (Å²) in [4.78, 5) is 23.6. The number of benzene rings is 2. The Labute approximate surface area is 164 Å². The molecule has 7 nitrogen and oxygen atoms in total. The molecule has 0 aliphatic heterocycles. The molecule has 0 saturated heterocycles. The SMILES string of the molecule is CNc1[nH]c2cc(-c3cccc(CNC(C)C)c3)ccc2c1C(N)=O.NC=O. The van der Waals surface area contributed by atoms with E-state index in [0.29, 0.717) is 17.4 Å². The van der Waals surface area contributed by atoms with Crippen molar-refractivity contribution in [2.45, 2.75) is 26.4 Å². The summed E-state index contributed by atoms with van der Waals surface area (Å²) in [7, 11) is 1.77. The molecule has 1 heterocycles. The Morgan fingerprint density at radius 1 is 1.18 bits per heavy atom.